The normalized spacial score (nSPS) is 14.1. The van der Waals surface area contributed by atoms with Gasteiger partial charge in [-0.3, -0.25) is 4.79 Å². The molecule has 1 amide bonds. The first-order chi connectivity index (χ1) is 9.06. The van der Waals surface area contributed by atoms with Crippen LogP contribution in [0.1, 0.15) is 47.5 Å². The fraction of sp³-hybridized carbons (Fsp3) is 0.769. The number of carboxylic acids is 1. The summed E-state index contributed by atoms with van der Waals surface area (Å²) < 4.78 is 9.81. The molecular formula is C13H23NO6. The van der Waals surface area contributed by atoms with Crippen molar-refractivity contribution in [2.75, 3.05) is 0 Å². The topological polar surface area (TPSA) is 102 Å². The fourth-order valence-corrected chi connectivity index (χ4v) is 1.55. The van der Waals surface area contributed by atoms with Crippen molar-refractivity contribution >= 4 is 18.0 Å². The van der Waals surface area contributed by atoms with Crippen LogP contribution in [0.5, 0.6) is 0 Å². The summed E-state index contributed by atoms with van der Waals surface area (Å²) in [6.07, 6.45) is -1.20. The van der Waals surface area contributed by atoms with E-state index in [0.29, 0.717) is 12.8 Å². The third-order valence-corrected chi connectivity index (χ3v) is 2.20. The summed E-state index contributed by atoms with van der Waals surface area (Å²) in [4.78, 5) is 33.8. The molecule has 0 aliphatic heterocycles. The van der Waals surface area contributed by atoms with E-state index in [4.69, 9.17) is 14.6 Å². The summed E-state index contributed by atoms with van der Waals surface area (Å²) in [5, 5.41) is 11.5. The van der Waals surface area contributed by atoms with Gasteiger partial charge in [0.05, 0.1) is 6.04 Å². The number of hydrogen-bond donors (Lipinski definition) is 2. The second-order valence-electron chi connectivity index (χ2n) is 5.41. The molecule has 2 unspecified atom stereocenters. The molecule has 0 aromatic heterocycles. The number of carbonyl (C=O) groups excluding carboxylic acids is 2. The molecule has 0 saturated carbocycles. The van der Waals surface area contributed by atoms with E-state index in [1.54, 1.807) is 20.8 Å². The van der Waals surface area contributed by atoms with Crippen LogP contribution in [-0.2, 0) is 19.1 Å². The summed E-state index contributed by atoms with van der Waals surface area (Å²) in [6.45, 7) is 8.04. The van der Waals surface area contributed by atoms with Gasteiger partial charge in [-0.15, -0.1) is 0 Å². The summed E-state index contributed by atoms with van der Waals surface area (Å²) in [7, 11) is 0. The lowest BCUT2D eigenvalue weighted by molar-refractivity contribution is -0.164. The van der Waals surface area contributed by atoms with Gasteiger partial charge in [-0.2, -0.15) is 0 Å². The summed E-state index contributed by atoms with van der Waals surface area (Å²) in [5.41, 5.74) is -0.693. The number of aliphatic carboxylic acids is 1. The van der Waals surface area contributed by atoms with Crippen LogP contribution < -0.4 is 5.32 Å². The molecule has 0 aliphatic rings. The van der Waals surface area contributed by atoms with Crippen LogP contribution in [0.25, 0.3) is 0 Å². The van der Waals surface area contributed by atoms with Crippen molar-refractivity contribution in [1.29, 1.82) is 0 Å². The maximum absolute atomic E-state index is 11.7. The molecule has 0 radical (unpaired) electrons. The molecule has 20 heavy (non-hydrogen) atoms. The summed E-state index contributed by atoms with van der Waals surface area (Å²) in [6, 6.07) is -0.837. The lowest BCUT2D eigenvalue weighted by Gasteiger charge is -2.26. The zero-order chi connectivity index (χ0) is 15.9. The lowest BCUT2D eigenvalue weighted by atomic mass is 10.1. The Morgan fingerprint density at radius 2 is 1.80 bits per heavy atom. The molecule has 0 heterocycles. The predicted octanol–water partition coefficient (Wildman–Crippen LogP) is 1.70. The molecule has 0 saturated heterocycles. The van der Waals surface area contributed by atoms with Gasteiger partial charge in [0.15, 0.2) is 0 Å². The third-order valence-electron chi connectivity index (χ3n) is 2.20. The van der Waals surface area contributed by atoms with E-state index < -0.39 is 35.8 Å². The lowest BCUT2D eigenvalue weighted by Crippen LogP contribution is -2.50. The molecule has 7 heteroatoms. The van der Waals surface area contributed by atoms with E-state index in [1.807, 2.05) is 6.92 Å². The van der Waals surface area contributed by atoms with Crippen LogP contribution in [0.15, 0.2) is 0 Å². The second kappa shape index (κ2) is 7.72. The van der Waals surface area contributed by atoms with Crippen molar-refractivity contribution < 1.29 is 29.0 Å². The number of alkyl carbamates (subject to hydrolysis) is 1. The van der Waals surface area contributed by atoms with Crippen LogP contribution >= 0.6 is 0 Å². The van der Waals surface area contributed by atoms with Crippen LogP contribution in [-0.4, -0.2) is 40.9 Å². The predicted molar refractivity (Wildman–Crippen MR) is 71.3 cm³/mol. The average Bonchev–Trinajstić information content (AvgIpc) is 2.22. The minimum Gasteiger partial charge on any atom is -0.478 e. The fourth-order valence-electron chi connectivity index (χ4n) is 1.55. The molecule has 116 valence electrons. The van der Waals surface area contributed by atoms with E-state index in [-0.39, 0.29) is 0 Å². The molecule has 0 aromatic rings. The Hall–Kier alpha value is -1.79. The molecule has 2 N–H and O–H groups in total. The van der Waals surface area contributed by atoms with Gasteiger partial charge in [0.25, 0.3) is 0 Å². The number of rotatable bonds is 6. The van der Waals surface area contributed by atoms with Crippen molar-refractivity contribution in [3.05, 3.63) is 0 Å². The Labute approximate surface area is 118 Å². The molecule has 0 spiro atoms. The Bertz CT molecular complexity index is 360. The molecule has 0 bridgehead atoms. The molecular weight excluding hydrogens is 266 g/mol. The Morgan fingerprint density at radius 3 is 2.15 bits per heavy atom. The third kappa shape index (κ3) is 7.60. The van der Waals surface area contributed by atoms with Crippen molar-refractivity contribution in [3.63, 3.8) is 0 Å². The van der Waals surface area contributed by atoms with Crippen molar-refractivity contribution in [2.24, 2.45) is 0 Å². The molecule has 0 fully saturated rings. The van der Waals surface area contributed by atoms with Crippen LogP contribution in [0, 0.1) is 0 Å². The number of hydrogen-bond acceptors (Lipinski definition) is 5. The number of esters is 1. The van der Waals surface area contributed by atoms with Gasteiger partial charge in [0.1, 0.15) is 5.60 Å². The number of carboxylic acid groups (broad SMARTS) is 1. The largest absolute Gasteiger partial charge is 0.478 e. The number of amides is 1. The van der Waals surface area contributed by atoms with E-state index in [1.165, 1.54) is 0 Å². The summed E-state index contributed by atoms with van der Waals surface area (Å²) in [5.74, 6) is -2.03. The Morgan fingerprint density at radius 1 is 1.25 bits per heavy atom. The SMILES string of the molecule is CCCC(NC(=O)OC(C)(C)C)C(OC(C)=O)C(=O)O. The van der Waals surface area contributed by atoms with E-state index in [9.17, 15) is 14.4 Å². The highest BCUT2D eigenvalue weighted by atomic mass is 16.6. The van der Waals surface area contributed by atoms with Crippen LogP contribution in [0.4, 0.5) is 4.79 Å². The van der Waals surface area contributed by atoms with Gasteiger partial charge in [0, 0.05) is 6.92 Å². The Kier molecular flexibility index (Phi) is 7.02. The van der Waals surface area contributed by atoms with Crippen molar-refractivity contribution in [1.82, 2.24) is 5.32 Å². The molecule has 0 aliphatic carbocycles. The molecule has 0 rings (SSSR count). The Balaban J connectivity index is 4.87. The van der Waals surface area contributed by atoms with Gasteiger partial charge in [-0.1, -0.05) is 13.3 Å². The minimum atomic E-state index is -1.43. The average molecular weight is 289 g/mol. The number of ether oxygens (including phenoxy) is 2. The van der Waals surface area contributed by atoms with Crippen molar-refractivity contribution in [3.8, 4) is 0 Å². The zero-order valence-electron chi connectivity index (χ0n) is 12.6. The highest BCUT2D eigenvalue weighted by Gasteiger charge is 2.32. The van der Waals surface area contributed by atoms with E-state index >= 15 is 0 Å². The monoisotopic (exact) mass is 289 g/mol. The van der Waals surface area contributed by atoms with E-state index in [0.717, 1.165) is 6.92 Å². The maximum Gasteiger partial charge on any atom is 0.408 e. The van der Waals surface area contributed by atoms with Crippen LogP contribution in [0.2, 0.25) is 0 Å². The van der Waals surface area contributed by atoms with Gasteiger partial charge < -0.3 is 19.9 Å². The maximum atomic E-state index is 11.7. The van der Waals surface area contributed by atoms with Gasteiger partial charge in [-0.05, 0) is 27.2 Å². The molecule has 7 nitrogen and oxygen atoms in total. The van der Waals surface area contributed by atoms with Gasteiger partial charge in [0.2, 0.25) is 6.10 Å². The smallest absolute Gasteiger partial charge is 0.408 e. The minimum absolute atomic E-state index is 0.351. The number of nitrogens with one attached hydrogen (secondary N) is 1. The highest BCUT2D eigenvalue weighted by Crippen LogP contribution is 2.11. The van der Waals surface area contributed by atoms with Gasteiger partial charge in [-0.25, -0.2) is 9.59 Å². The first kappa shape index (κ1) is 18.2. The second-order valence-corrected chi connectivity index (χ2v) is 5.41. The number of carbonyl (C=O) groups is 3. The first-order valence-corrected chi connectivity index (χ1v) is 6.46. The summed E-state index contributed by atoms with van der Waals surface area (Å²) >= 11 is 0. The quantitative estimate of drug-likeness (QED) is 0.721. The standard InChI is InChI=1S/C13H23NO6/c1-6-7-9(10(11(16)17)19-8(2)15)14-12(18)20-13(3,4)5/h9-10H,6-7H2,1-5H3,(H,14,18)(H,16,17). The molecule has 0 aromatic carbocycles. The van der Waals surface area contributed by atoms with E-state index in [2.05, 4.69) is 5.32 Å². The highest BCUT2D eigenvalue weighted by molar-refractivity contribution is 5.79. The molecule has 2 atom stereocenters. The van der Waals surface area contributed by atoms with Crippen molar-refractivity contribution in [2.45, 2.75) is 65.2 Å². The zero-order valence-corrected chi connectivity index (χ0v) is 12.6. The first-order valence-electron chi connectivity index (χ1n) is 6.46. The van der Waals surface area contributed by atoms with Gasteiger partial charge >= 0.3 is 18.0 Å². The van der Waals surface area contributed by atoms with Crippen LogP contribution in [0.3, 0.4) is 0 Å².